The number of hydrogen-bond acceptors (Lipinski definition) is 2. The maximum atomic E-state index is 8.83. The van der Waals surface area contributed by atoms with Crippen molar-refractivity contribution in [1.29, 1.82) is 5.26 Å². The molecule has 0 aliphatic heterocycles. The highest BCUT2D eigenvalue weighted by molar-refractivity contribution is 9.10. The van der Waals surface area contributed by atoms with E-state index >= 15 is 0 Å². The number of anilines is 1. The number of halogens is 2. The molecule has 2 aromatic rings. The fourth-order valence-electron chi connectivity index (χ4n) is 1.88. The van der Waals surface area contributed by atoms with E-state index in [1.54, 1.807) is 12.1 Å². The first kappa shape index (κ1) is 13.9. The minimum Gasteiger partial charge on any atom is -0.369 e. The molecule has 96 valence electrons. The Morgan fingerprint density at radius 2 is 2.05 bits per heavy atom. The van der Waals surface area contributed by atoms with Gasteiger partial charge in [0, 0.05) is 18.1 Å². The second-order valence-electron chi connectivity index (χ2n) is 4.26. The Morgan fingerprint density at radius 3 is 2.68 bits per heavy atom. The molecule has 0 saturated heterocycles. The van der Waals surface area contributed by atoms with Crippen molar-refractivity contribution >= 4 is 33.2 Å². The molecular weight excluding hydrogens is 324 g/mol. The van der Waals surface area contributed by atoms with Crippen LogP contribution in [0.3, 0.4) is 0 Å². The smallest absolute Gasteiger partial charge is 0.0992 e. The van der Waals surface area contributed by atoms with Crippen LogP contribution in [0.2, 0.25) is 5.02 Å². The summed E-state index contributed by atoms with van der Waals surface area (Å²) in [7, 11) is 1.98. The van der Waals surface area contributed by atoms with Crippen LogP contribution in [0.1, 0.15) is 11.1 Å². The van der Waals surface area contributed by atoms with Crippen molar-refractivity contribution < 1.29 is 0 Å². The topological polar surface area (TPSA) is 27.0 Å². The summed E-state index contributed by atoms with van der Waals surface area (Å²) < 4.78 is 1.06. The van der Waals surface area contributed by atoms with Gasteiger partial charge in [-0.15, -0.1) is 0 Å². The molecule has 0 aliphatic rings. The average molecular weight is 336 g/mol. The van der Waals surface area contributed by atoms with Gasteiger partial charge in [-0.1, -0.05) is 39.7 Å². The molecule has 0 saturated carbocycles. The van der Waals surface area contributed by atoms with Crippen LogP contribution < -0.4 is 4.90 Å². The van der Waals surface area contributed by atoms with Gasteiger partial charge in [-0.3, -0.25) is 0 Å². The summed E-state index contributed by atoms with van der Waals surface area (Å²) in [5.41, 5.74) is 2.68. The van der Waals surface area contributed by atoms with Crippen molar-refractivity contribution in [3.63, 3.8) is 0 Å². The van der Waals surface area contributed by atoms with Gasteiger partial charge in [-0.05, 0) is 35.9 Å². The first-order chi connectivity index (χ1) is 9.10. The molecular formula is C15H12BrClN2. The lowest BCUT2D eigenvalue weighted by Gasteiger charge is -2.21. The molecule has 2 aromatic carbocycles. The molecule has 0 N–H and O–H groups in total. The average Bonchev–Trinajstić information content (AvgIpc) is 2.38. The fraction of sp³-hybridized carbons (Fsp3) is 0.133. The van der Waals surface area contributed by atoms with Crippen molar-refractivity contribution in [2.24, 2.45) is 0 Å². The highest BCUT2D eigenvalue weighted by Gasteiger charge is 2.07. The van der Waals surface area contributed by atoms with Gasteiger partial charge in [0.05, 0.1) is 22.3 Å². The SMILES string of the molecule is CN(Cc1cccc(Br)c1)c1ccc(C#N)cc1Cl. The zero-order chi connectivity index (χ0) is 13.8. The zero-order valence-electron chi connectivity index (χ0n) is 10.4. The third kappa shape index (κ3) is 3.50. The number of hydrogen-bond donors (Lipinski definition) is 0. The Kier molecular flexibility index (Phi) is 4.47. The van der Waals surface area contributed by atoms with E-state index in [1.807, 2.05) is 25.2 Å². The van der Waals surface area contributed by atoms with Crippen molar-refractivity contribution in [1.82, 2.24) is 0 Å². The molecule has 0 heterocycles. The summed E-state index contributed by atoms with van der Waals surface area (Å²) in [6.45, 7) is 0.755. The molecule has 0 atom stereocenters. The molecule has 0 amide bonds. The van der Waals surface area contributed by atoms with E-state index in [2.05, 4.69) is 39.0 Å². The highest BCUT2D eigenvalue weighted by atomic mass is 79.9. The van der Waals surface area contributed by atoms with Crippen molar-refractivity contribution in [3.8, 4) is 6.07 Å². The third-order valence-corrected chi connectivity index (χ3v) is 3.59. The minimum absolute atomic E-state index is 0.574. The summed E-state index contributed by atoms with van der Waals surface area (Å²) in [6.07, 6.45) is 0. The summed E-state index contributed by atoms with van der Waals surface area (Å²) in [6, 6.07) is 15.6. The lowest BCUT2D eigenvalue weighted by atomic mass is 10.2. The summed E-state index contributed by atoms with van der Waals surface area (Å²) in [5, 5.41) is 9.42. The van der Waals surface area contributed by atoms with Gasteiger partial charge in [0.25, 0.3) is 0 Å². The van der Waals surface area contributed by atoms with E-state index in [0.717, 1.165) is 16.7 Å². The number of nitrogens with zero attached hydrogens (tertiary/aromatic N) is 2. The lowest BCUT2D eigenvalue weighted by Crippen LogP contribution is -2.16. The van der Waals surface area contributed by atoms with Crippen molar-refractivity contribution in [3.05, 3.63) is 63.1 Å². The number of benzene rings is 2. The van der Waals surface area contributed by atoms with Crippen LogP contribution in [-0.2, 0) is 6.54 Å². The Morgan fingerprint density at radius 1 is 1.26 bits per heavy atom. The van der Waals surface area contributed by atoms with Gasteiger partial charge >= 0.3 is 0 Å². The van der Waals surface area contributed by atoms with Crippen LogP contribution in [0.4, 0.5) is 5.69 Å². The van der Waals surface area contributed by atoms with Crippen molar-refractivity contribution in [2.75, 3.05) is 11.9 Å². The Bertz CT molecular complexity index is 634. The van der Waals surface area contributed by atoms with Crippen LogP contribution in [-0.4, -0.2) is 7.05 Å². The van der Waals surface area contributed by atoms with Gasteiger partial charge in [-0.2, -0.15) is 5.26 Å². The van der Waals surface area contributed by atoms with Gasteiger partial charge in [0.1, 0.15) is 0 Å². The summed E-state index contributed by atoms with van der Waals surface area (Å²) in [5.74, 6) is 0. The molecule has 19 heavy (non-hydrogen) atoms. The number of nitriles is 1. The molecule has 0 aliphatic carbocycles. The van der Waals surface area contributed by atoms with Crippen LogP contribution in [0.15, 0.2) is 46.9 Å². The van der Waals surface area contributed by atoms with Crippen LogP contribution in [0.5, 0.6) is 0 Å². The summed E-state index contributed by atoms with van der Waals surface area (Å²) in [4.78, 5) is 2.06. The first-order valence-electron chi connectivity index (χ1n) is 5.75. The molecule has 2 nitrogen and oxygen atoms in total. The molecule has 0 unspecified atom stereocenters. The van der Waals surface area contributed by atoms with E-state index in [1.165, 1.54) is 5.56 Å². The predicted octanol–water partition coefficient (Wildman–Crippen LogP) is 4.61. The van der Waals surface area contributed by atoms with Gasteiger partial charge in [-0.25, -0.2) is 0 Å². The Labute approximate surface area is 126 Å². The second kappa shape index (κ2) is 6.10. The molecule has 4 heteroatoms. The highest BCUT2D eigenvalue weighted by Crippen LogP contribution is 2.27. The normalized spacial score (nSPS) is 10.0. The van der Waals surface area contributed by atoms with Gasteiger partial charge in [0.2, 0.25) is 0 Å². The van der Waals surface area contributed by atoms with Gasteiger partial charge in [0.15, 0.2) is 0 Å². The van der Waals surface area contributed by atoms with Gasteiger partial charge < -0.3 is 4.90 Å². The quantitative estimate of drug-likeness (QED) is 0.819. The molecule has 0 spiro atoms. The largest absolute Gasteiger partial charge is 0.369 e. The first-order valence-corrected chi connectivity index (χ1v) is 6.92. The van der Waals surface area contributed by atoms with E-state index in [4.69, 9.17) is 16.9 Å². The fourth-order valence-corrected chi connectivity index (χ4v) is 2.65. The van der Waals surface area contributed by atoms with Crippen LogP contribution in [0.25, 0.3) is 0 Å². The molecule has 0 aromatic heterocycles. The van der Waals surface area contributed by atoms with E-state index in [-0.39, 0.29) is 0 Å². The van der Waals surface area contributed by atoms with E-state index in [0.29, 0.717) is 10.6 Å². The summed E-state index contributed by atoms with van der Waals surface area (Å²) >= 11 is 9.66. The standard InChI is InChI=1S/C15H12BrClN2/c1-19(10-12-3-2-4-13(16)7-12)15-6-5-11(9-18)8-14(15)17/h2-8H,10H2,1H3. The van der Waals surface area contributed by atoms with E-state index < -0.39 is 0 Å². The molecule has 0 radical (unpaired) electrons. The monoisotopic (exact) mass is 334 g/mol. The molecule has 2 rings (SSSR count). The maximum Gasteiger partial charge on any atom is 0.0992 e. The zero-order valence-corrected chi connectivity index (χ0v) is 12.7. The van der Waals surface area contributed by atoms with Crippen LogP contribution >= 0.6 is 27.5 Å². The minimum atomic E-state index is 0.574. The lowest BCUT2D eigenvalue weighted by molar-refractivity contribution is 0.922. The van der Waals surface area contributed by atoms with Crippen molar-refractivity contribution in [2.45, 2.75) is 6.54 Å². The number of rotatable bonds is 3. The molecule has 0 bridgehead atoms. The Balaban J connectivity index is 2.21. The van der Waals surface area contributed by atoms with E-state index in [9.17, 15) is 0 Å². The van der Waals surface area contributed by atoms with Crippen LogP contribution in [0, 0.1) is 11.3 Å². The third-order valence-electron chi connectivity index (χ3n) is 2.80. The Hall–Kier alpha value is -1.50. The maximum absolute atomic E-state index is 8.83. The predicted molar refractivity (Wildman–Crippen MR) is 82.4 cm³/mol. The second-order valence-corrected chi connectivity index (χ2v) is 5.59. The molecule has 0 fully saturated rings.